The largest absolute Gasteiger partial charge is 0.511 e. The average molecular weight is 462 g/mol. The van der Waals surface area contributed by atoms with E-state index in [4.69, 9.17) is 14.3 Å². The van der Waals surface area contributed by atoms with Gasteiger partial charge in [-0.15, -0.1) is 0 Å². The van der Waals surface area contributed by atoms with E-state index in [0.717, 1.165) is 74.0 Å². The molecule has 2 N–H and O–H groups in total. The minimum Gasteiger partial charge on any atom is -0.449 e. The summed E-state index contributed by atoms with van der Waals surface area (Å²) in [7, 11) is 0. The molecule has 0 spiro atoms. The Morgan fingerprint density at radius 3 is 2.71 bits per heavy atom. The van der Waals surface area contributed by atoms with Crippen LogP contribution >= 0.6 is 0 Å². The van der Waals surface area contributed by atoms with E-state index in [1.54, 1.807) is 12.1 Å². The number of hydrogen-bond acceptors (Lipinski definition) is 6. The van der Waals surface area contributed by atoms with Gasteiger partial charge in [-0.3, -0.25) is 4.90 Å². The van der Waals surface area contributed by atoms with Crippen LogP contribution in [0.1, 0.15) is 18.4 Å². The van der Waals surface area contributed by atoms with Crippen LogP contribution in [0.3, 0.4) is 0 Å². The van der Waals surface area contributed by atoms with E-state index in [1.165, 1.54) is 11.6 Å². The number of aromatic amines is 1. The number of carbonyl (C=O) groups is 1. The number of aryl methyl sites for hydroxylation is 1. The summed E-state index contributed by atoms with van der Waals surface area (Å²) in [6, 6.07) is 14.6. The van der Waals surface area contributed by atoms with E-state index in [0.29, 0.717) is 11.3 Å². The maximum Gasteiger partial charge on any atom is 0.511 e. The second kappa shape index (κ2) is 9.61. The lowest BCUT2D eigenvalue weighted by atomic mass is 10.1. The van der Waals surface area contributed by atoms with Crippen molar-refractivity contribution in [2.24, 2.45) is 0 Å². The van der Waals surface area contributed by atoms with Gasteiger partial charge in [-0.2, -0.15) is 0 Å². The van der Waals surface area contributed by atoms with Gasteiger partial charge in [0.1, 0.15) is 11.3 Å². The fourth-order valence-electron chi connectivity index (χ4n) is 4.67. The molecule has 176 valence electrons. The van der Waals surface area contributed by atoms with Crippen molar-refractivity contribution in [3.63, 3.8) is 0 Å². The van der Waals surface area contributed by atoms with Crippen LogP contribution in [0.5, 0.6) is 5.75 Å². The molecule has 8 nitrogen and oxygen atoms in total. The molecule has 0 bridgehead atoms. The number of H-pyrrole nitrogens is 1. The third-order valence-corrected chi connectivity index (χ3v) is 6.45. The Morgan fingerprint density at radius 2 is 1.88 bits per heavy atom. The Hall–Kier alpha value is -3.78. The van der Waals surface area contributed by atoms with Gasteiger partial charge in [-0.05, 0) is 73.8 Å². The number of aromatic nitrogens is 1. The summed E-state index contributed by atoms with van der Waals surface area (Å²) in [4.78, 5) is 30.3. The van der Waals surface area contributed by atoms with Crippen LogP contribution in [0.4, 0.5) is 10.5 Å². The summed E-state index contributed by atoms with van der Waals surface area (Å²) in [6.07, 6.45) is 3.80. The Kier molecular flexibility index (Phi) is 6.22. The van der Waals surface area contributed by atoms with E-state index in [2.05, 4.69) is 20.9 Å². The molecule has 1 aliphatic heterocycles. The number of fused-ring (bicyclic) bond motifs is 2. The zero-order chi connectivity index (χ0) is 23.5. The normalized spacial score (nSPS) is 14.6. The van der Waals surface area contributed by atoms with E-state index in [1.807, 2.05) is 30.5 Å². The van der Waals surface area contributed by atoms with Crippen LogP contribution in [-0.2, 0) is 6.42 Å². The first-order valence-electron chi connectivity index (χ1n) is 11.6. The lowest BCUT2D eigenvalue weighted by Gasteiger charge is -2.36. The molecule has 4 aromatic rings. The molecule has 1 aliphatic rings. The van der Waals surface area contributed by atoms with E-state index >= 15 is 0 Å². The average Bonchev–Trinajstić information content (AvgIpc) is 3.23. The van der Waals surface area contributed by atoms with Crippen molar-refractivity contribution in [1.29, 1.82) is 0 Å². The predicted octanol–water partition coefficient (Wildman–Crippen LogP) is 4.48. The third kappa shape index (κ3) is 4.92. The first kappa shape index (κ1) is 22.0. The van der Waals surface area contributed by atoms with Crippen molar-refractivity contribution in [3.8, 4) is 5.75 Å². The highest BCUT2D eigenvalue weighted by molar-refractivity contribution is 5.85. The Labute approximate surface area is 196 Å². The fraction of sp³-hybridized carbons (Fsp3) is 0.308. The first-order chi connectivity index (χ1) is 16.5. The van der Waals surface area contributed by atoms with Crippen LogP contribution in [0.25, 0.3) is 21.9 Å². The molecule has 1 saturated heterocycles. The molecule has 0 unspecified atom stereocenters. The van der Waals surface area contributed by atoms with Crippen molar-refractivity contribution in [1.82, 2.24) is 9.88 Å². The maximum absolute atomic E-state index is 11.4. The van der Waals surface area contributed by atoms with Gasteiger partial charge in [0.2, 0.25) is 0 Å². The van der Waals surface area contributed by atoms with E-state index in [9.17, 15) is 9.59 Å². The molecule has 3 heterocycles. The fourth-order valence-corrected chi connectivity index (χ4v) is 4.67. The molecular formula is C26H27N3O5. The minimum atomic E-state index is -1.30. The number of piperazine rings is 1. The van der Waals surface area contributed by atoms with Gasteiger partial charge in [0, 0.05) is 60.4 Å². The first-order valence-corrected chi connectivity index (χ1v) is 11.6. The number of hydrogen-bond donors (Lipinski definition) is 2. The van der Waals surface area contributed by atoms with Gasteiger partial charge in [0.15, 0.2) is 0 Å². The minimum absolute atomic E-state index is 0.324. The van der Waals surface area contributed by atoms with Gasteiger partial charge in [0.05, 0.1) is 0 Å². The van der Waals surface area contributed by atoms with Gasteiger partial charge in [0.25, 0.3) is 0 Å². The smallest absolute Gasteiger partial charge is 0.449 e. The second-order valence-electron chi connectivity index (χ2n) is 8.65. The zero-order valence-electron chi connectivity index (χ0n) is 18.8. The van der Waals surface area contributed by atoms with Gasteiger partial charge < -0.3 is 24.1 Å². The summed E-state index contributed by atoms with van der Waals surface area (Å²) < 4.78 is 10.0. The molecule has 5 rings (SSSR count). The predicted molar refractivity (Wildman–Crippen MR) is 131 cm³/mol. The third-order valence-electron chi connectivity index (χ3n) is 6.45. The highest BCUT2D eigenvalue weighted by atomic mass is 16.7. The van der Waals surface area contributed by atoms with Crippen molar-refractivity contribution >= 4 is 33.7 Å². The van der Waals surface area contributed by atoms with Crippen LogP contribution in [0.2, 0.25) is 0 Å². The molecule has 0 aliphatic carbocycles. The summed E-state index contributed by atoms with van der Waals surface area (Å²) in [5, 5.41) is 10.8. The summed E-state index contributed by atoms with van der Waals surface area (Å²) >= 11 is 0. The molecule has 34 heavy (non-hydrogen) atoms. The monoisotopic (exact) mass is 461 g/mol. The number of anilines is 1. The molecule has 2 aromatic heterocycles. The standard InChI is InChI=1S/C26H27N3O5/c30-25-9-4-18-15-20(5-8-24(18)34-25)29-13-11-28(12-14-29)10-2-1-3-19-17-27-23-7-6-21(16-22(19)23)33-26(31)32/h4-9,15-17,27H,1-3,10-14H2,(H,31,32). The molecule has 0 amide bonds. The lowest BCUT2D eigenvalue weighted by molar-refractivity contribution is 0.144. The van der Waals surface area contributed by atoms with Crippen LogP contribution in [0.15, 0.2) is 63.9 Å². The van der Waals surface area contributed by atoms with Gasteiger partial charge >= 0.3 is 11.8 Å². The van der Waals surface area contributed by atoms with Crippen molar-refractivity contribution in [3.05, 3.63) is 70.7 Å². The molecular weight excluding hydrogens is 434 g/mol. The van der Waals surface area contributed by atoms with Crippen molar-refractivity contribution < 1.29 is 19.1 Å². The van der Waals surface area contributed by atoms with Gasteiger partial charge in [-0.1, -0.05) is 0 Å². The molecule has 0 saturated carbocycles. The number of ether oxygens (including phenoxy) is 1. The Bertz CT molecular complexity index is 1370. The zero-order valence-corrected chi connectivity index (χ0v) is 18.8. The highest BCUT2D eigenvalue weighted by Crippen LogP contribution is 2.26. The number of benzene rings is 2. The van der Waals surface area contributed by atoms with E-state index in [-0.39, 0.29) is 5.63 Å². The highest BCUT2D eigenvalue weighted by Gasteiger charge is 2.17. The van der Waals surface area contributed by atoms with Crippen molar-refractivity contribution in [2.75, 3.05) is 37.6 Å². The number of nitrogens with zero attached hydrogens (tertiary/aromatic N) is 2. The second-order valence-corrected chi connectivity index (χ2v) is 8.65. The molecule has 0 atom stereocenters. The molecule has 8 heteroatoms. The van der Waals surface area contributed by atoms with Crippen LogP contribution < -0.4 is 15.3 Å². The summed E-state index contributed by atoms with van der Waals surface area (Å²) in [6.45, 7) is 5.04. The summed E-state index contributed by atoms with van der Waals surface area (Å²) in [5.74, 6) is 0.342. The van der Waals surface area contributed by atoms with Gasteiger partial charge in [-0.25, -0.2) is 9.59 Å². The topological polar surface area (TPSA) is 99.0 Å². The Balaban J connectivity index is 1.10. The molecule has 0 radical (unpaired) electrons. The Morgan fingerprint density at radius 1 is 1.03 bits per heavy atom. The summed E-state index contributed by atoms with van der Waals surface area (Å²) in [5.41, 5.74) is 3.63. The number of rotatable bonds is 7. The quantitative estimate of drug-likeness (QED) is 0.181. The molecule has 2 aromatic carbocycles. The van der Waals surface area contributed by atoms with Crippen LogP contribution in [0, 0.1) is 0 Å². The van der Waals surface area contributed by atoms with Crippen LogP contribution in [-0.4, -0.2) is 53.9 Å². The number of carboxylic acid groups (broad SMARTS) is 1. The lowest BCUT2D eigenvalue weighted by Crippen LogP contribution is -2.46. The van der Waals surface area contributed by atoms with Crippen molar-refractivity contribution in [2.45, 2.75) is 19.3 Å². The number of nitrogens with one attached hydrogen (secondary N) is 1. The SMILES string of the molecule is O=C(O)Oc1ccc2[nH]cc(CCCCN3CCN(c4ccc5oc(=O)ccc5c4)CC3)c2c1. The molecule has 1 fully saturated rings. The van der Waals surface area contributed by atoms with E-state index < -0.39 is 6.16 Å². The maximum atomic E-state index is 11.4. The number of unbranched alkanes of at least 4 members (excludes halogenated alkanes) is 1.